The molecule has 0 radical (unpaired) electrons. The molecule has 1 N–H and O–H groups in total. The molecule has 2 aromatic heterocycles. The Balaban J connectivity index is 1.52. The Kier molecular flexibility index (Phi) is 4.72. The van der Waals surface area contributed by atoms with Gasteiger partial charge < -0.3 is 5.32 Å². The van der Waals surface area contributed by atoms with Crippen LogP contribution in [0, 0.1) is 13.8 Å². The van der Waals surface area contributed by atoms with E-state index in [1.807, 2.05) is 77.7 Å². The maximum Gasteiger partial charge on any atom is 0.259 e. The molecular formula is C21H20N6O. The molecule has 7 heteroatoms. The average molecular weight is 372 g/mol. The van der Waals surface area contributed by atoms with Crippen molar-refractivity contribution in [2.45, 2.75) is 20.4 Å². The summed E-state index contributed by atoms with van der Waals surface area (Å²) in [6.07, 6.45) is 3.26. The molecule has 2 heterocycles. The molecule has 0 fully saturated rings. The van der Waals surface area contributed by atoms with Crippen LogP contribution < -0.4 is 5.32 Å². The van der Waals surface area contributed by atoms with E-state index < -0.39 is 0 Å². The highest BCUT2D eigenvalue weighted by molar-refractivity contribution is 6.05. The zero-order valence-electron chi connectivity index (χ0n) is 15.7. The van der Waals surface area contributed by atoms with Crippen molar-refractivity contribution in [1.82, 2.24) is 24.5 Å². The van der Waals surface area contributed by atoms with E-state index in [0.29, 0.717) is 17.8 Å². The molecule has 2 aromatic carbocycles. The molecule has 0 spiro atoms. The molecule has 4 rings (SSSR count). The third kappa shape index (κ3) is 3.55. The van der Waals surface area contributed by atoms with Gasteiger partial charge in [0.05, 0.1) is 24.0 Å². The highest BCUT2D eigenvalue weighted by Gasteiger charge is 2.15. The number of nitrogens with one attached hydrogen (secondary N) is 1. The van der Waals surface area contributed by atoms with E-state index in [1.165, 1.54) is 0 Å². The first kappa shape index (κ1) is 17.7. The van der Waals surface area contributed by atoms with Crippen LogP contribution in [0.3, 0.4) is 0 Å². The molecular weight excluding hydrogens is 352 g/mol. The summed E-state index contributed by atoms with van der Waals surface area (Å²) in [6, 6.07) is 17.6. The Hall–Kier alpha value is -3.74. The molecule has 28 heavy (non-hydrogen) atoms. The summed E-state index contributed by atoms with van der Waals surface area (Å²) in [4.78, 5) is 12.8. The van der Waals surface area contributed by atoms with Crippen LogP contribution in [0.15, 0.2) is 67.1 Å². The second kappa shape index (κ2) is 7.48. The lowest BCUT2D eigenvalue weighted by molar-refractivity contribution is 0.102. The van der Waals surface area contributed by atoms with E-state index in [2.05, 4.69) is 20.6 Å². The van der Waals surface area contributed by atoms with Gasteiger partial charge in [0.15, 0.2) is 0 Å². The van der Waals surface area contributed by atoms with E-state index in [0.717, 1.165) is 22.8 Å². The molecule has 0 saturated heterocycles. The maximum absolute atomic E-state index is 12.8. The number of nitrogens with zero attached hydrogens (tertiary/aromatic N) is 5. The normalized spacial score (nSPS) is 10.8. The fourth-order valence-electron chi connectivity index (χ4n) is 3.06. The molecule has 1 amide bonds. The summed E-state index contributed by atoms with van der Waals surface area (Å²) in [6.45, 7) is 4.41. The lowest BCUT2D eigenvalue weighted by Gasteiger charge is -2.09. The van der Waals surface area contributed by atoms with Gasteiger partial charge >= 0.3 is 0 Å². The predicted octanol–water partition coefficient (Wildman–Crippen LogP) is 3.38. The molecule has 0 aliphatic heterocycles. The van der Waals surface area contributed by atoms with E-state index in [9.17, 15) is 4.79 Å². The van der Waals surface area contributed by atoms with Gasteiger partial charge in [0.2, 0.25) is 0 Å². The van der Waals surface area contributed by atoms with Crippen molar-refractivity contribution >= 4 is 11.6 Å². The number of amides is 1. The summed E-state index contributed by atoms with van der Waals surface area (Å²) in [5.74, 6) is 0.593. The van der Waals surface area contributed by atoms with Crippen LogP contribution >= 0.6 is 0 Å². The Labute approximate surface area is 162 Å². The topological polar surface area (TPSA) is 77.6 Å². The van der Waals surface area contributed by atoms with Crippen molar-refractivity contribution in [1.29, 1.82) is 0 Å². The van der Waals surface area contributed by atoms with Crippen molar-refractivity contribution in [2.24, 2.45) is 0 Å². The molecule has 0 atom stereocenters. The Bertz CT molecular complexity index is 1110. The quantitative estimate of drug-likeness (QED) is 0.583. The zero-order valence-corrected chi connectivity index (χ0v) is 15.7. The highest BCUT2D eigenvalue weighted by atomic mass is 16.1. The number of aromatic nitrogens is 5. The van der Waals surface area contributed by atoms with E-state index >= 15 is 0 Å². The first-order valence-corrected chi connectivity index (χ1v) is 8.96. The largest absolute Gasteiger partial charge is 0.322 e. The molecule has 140 valence electrons. The van der Waals surface area contributed by atoms with Crippen molar-refractivity contribution in [3.8, 4) is 5.69 Å². The molecule has 0 aliphatic carbocycles. The minimum Gasteiger partial charge on any atom is -0.322 e. The Morgan fingerprint density at radius 2 is 1.89 bits per heavy atom. The van der Waals surface area contributed by atoms with E-state index in [-0.39, 0.29) is 5.91 Å². The molecule has 0 unspecified atom stereocenters. The van der Waals surface area contributed by atoms with Gasteiger partial charge in [-0.05, 0) is 37.6 Å². The third-order valence-corrected chi connectivity index (χ3v) is 4.62. The second-order valence-electron chi connectivity index (χ2n) is 6.54. The fourth-order valence-corrected chi connectivity index (χ4v) is 3.06. The van der Waals surface area contributed by atoms with Crippen LogP contribution in [0.4, 0.5) is 5.69 Å². The molecule has 0 bridgehead atoms. The van der Waals surface area contributed by atoms with Gasteiger partial charge in [0, 0.05) is 11.4 Å². The number of aryl methyl sites for hydroxylation is 1. The van der Waals surface area contributed by atoms with E-state index in [4.69, 9.17) is 0 Å². The average Bonchev–Trinajstić information content (AvgIpc) is 3.29. The zero-order chi connectivity index (χ0) is 19.5. The second-order valence-corrected chi connectivity index (χ2v) is 6.54. The standard InChI is InChI=1S/C21H20N6O/c1-15-20(12-23-27(15)13-17-7-4-3-5-8-17)21(28)24-18-9-6-10-19(11-18)26-14-22-25-16(26)2/h3-12,14H,13H2,1-2H3,(H,24,28). The molecule has 7 nitrogen and oxygen atoms in total. The van der Waals surface area contributed by atoms with Crippen LogP contribution in [0.25, 0.3) is 5.69 Å². The van der Waals surface area contributed by atoms with Gasteiger partial charge in [0.1, 0.15) is 12.2 Å². The van der Waals surface area contributed by atoms with Crippen LogP contribution in [-0.4, -0.2) is 30.5 Å². The highest BCUT2D eigenvalue weighted by Crippen LogP contribution is 2.18. The Morgan fingerprint density at radius 1 is 1.07 bits per heavy atom. The van der Waals surface area contributed by atoms with Crippen LogP contribution in [0.5, 0.6) is 0 Å². The van der Waals surface area contributed by atoms with Gasteiger partial charge in [-0.25, -0.2) is 0 Å². The number of benzene rings is 2. The number of carbonyl (C=O) groups is 1. The minimum atomic E-state index is -0.186. The van der Waals surface area contributed by atoms with Crippen LogP contribution in [0.1, 0.15) is 27.4 Å². The summed E-state index contributed by atoms with van der Waals surface area (Å²) in [5, 5.41) is 15.2. The summed E-state index contributed by atoms with van der Waals surface area (Å²) in [7, 11) is 0. The van der Waals surface area contributed by atoms with Crippen molar-refractivity contribution in [2.75, 3.05) is 5.32 Å². The minimum absolute atomic E-state index is 0.186. The first-order valence-electron chi connectivity index (χ1n) is 8.96. The van der Waals surface area contributed by atoms with Crippen molar-refractivity contribution < 1.29 is 4.79 Å². The summed E-state index contributed by atoms with van der Waals surface area (Å²) >= 11 is 0. The number of hydrogen-bond acceptors (Lipinski definition) is 4. The van der Waals surface area contributed by atoms with E-state index in [1.54, 1.807) is 12.5 Å². The summed E-state index contributed by atoms with van der Waals surface area (Å²) in [5.41, 5.74) is 4.11. The number of carbonyl (C=O) groups excluding carboxylic acids is 1. The number of hydrogen-bond donors (Lipinski definition) is 1. The molecule has 0 saturated carbocycles. The van der Waals surface area contributed by atoms with Gasteiger partial charge in [-0.15, -0.1) is 10.2 Å². The maximum atomic E-state index is 12.8. The van der Waals surface area contributed by atoms with Crippen LogP contribution in [0.2, 0.25) is 0 Å². The number of anilines is 1. The third-order valence-electron chi connectivity index (χ3n) is 4.62. The predicted molar refractivity (Wildman–Crippen MR) is 107 cm³/mol. The van der Waals surface area contributed by atoms with Gasteiger partial charge in [-0.2, -0.15) is 5.10 Å². The molecule has 4 aromatic rings. The number of rotatable bonds is 5. The lowest BCUT2D eigenvalue weighted by atomic mass is 10.2. The molecule has 0 aliphatic rings. The smallest absolute Gasteiger partial charge is 0.259 e. The monoisotopic (exact) mass is 372 g/mol. The van der Waals surface area contributed by atoms with Gasteiger partial charge in [-0.1, -0.05) is 36.4 Å². The fraction of sp³-hybridized carbons (Fsp3) is 0.143. The first-order chi connectivity index (χ1) is 13.6. The SMILES string of the molecule is Cc1nncn1-c1cccc(NC(=O)c2cnn(Cc3ccccc3)c2C)c1. The van der Waals surface area contributed by atoms with Crippen molar-refractivity contribution in [3.05, 3.63) is 89.8 Å². The van der Waals surface area contributed by atoms with Gasteiger partial charge in [-0.3, -0.25) is 14.0 Å². The summed E-state index contributed by atoms with van der Waals surface area (Å²) < 4.78 is 3.69. The Morgan fingerprint density at radius 3 is 2.64 bits per heavy atom. The van der Waals surface area contributed by atoms with Crippen LogP contribution in [-0.2, 0) is 6.54 Å². The van der Waals surface area contributed by atoms with Crippen molar-refractivity contribution in [3.63, 3.8) is 0 Å². The van der Waals surface area contributed by atoms with Gasteiger partial charge in [0.25, 0.3) is 5.91 Å². The lowest BCUT2D eigenvalue weighted by Crippen LogP contribution is -2.14.